The number of nitro groups is 1. The van der Waals surface area contributed by atoms with E-state index in [0.29, 0.717) is 13.0 Å². The van der Waals surface area contributed by atoms with E-state index in [4.69, 9.17) is 11.6 Å². The average molecular weight is 315 g/mol. The number of esters is 1. The summed E-state index contributed by atoms with van der Waals surface area (Å²) < 4.78 is 4.50. The third-order valence-corrected chi connectivity index (χ3v) is 3.16. The first-order chi connectivity index (χ1) is 9.86. The fraction of sp³-hybridized carbons (Fsp3) is 0.385. The second-order valence-corrected chi connectivity index (χ2v) is 4.74. The summed E-state index contributed by atoms with van der Waals surface area (Å²) in [5, 5.41) is 10.8. The van der Waals surface area contributed by atoms with Gasteiger partial charge in [-0.25, -0.2) is 0 Å². The zero-order valence-electron chi connectivity index (χ0n) is 11.7. The third-order valence-electron chi connectivity index (χ3n) is 2.84. The van der Waals surface area contributed by atoms with Crippen molar-refractivity contribution in [2.24, 2.45) is 0 Å². The molecule has 0 radical (unpaired) electrons. The van der Waals surface area contributed by atoms with Gasteiger partial charge in [0.2, 0.25) is 0 Å². The molecule has 21 heavy (non-hydrogen) atoms. The maximum absolute atomic E-state index is 12.1. The monoisotopic (exact) mass is 314 g/mol. The number of hydrogen-bond donors (Lipinski definition) is 0. The van der Waals surface area contributed by atoms with Crippen molar-refractivity contribution in [3.8, 4) is 0 Å². The van der Waals surface area contributed by atoms with E-state index < -0.39 is 4.92 Å². The number of ether oxygens (including phenoxy) is 1. The van der Waals surface area contributed by atoms with Crippen LogP contribution < -0.4 is 0 Å². The fourth-order valence-corrected chi connectivity index (χ4v) is 1.86. The predicted molar refractivity (Wildman–Crippen MR) is 76.3 cm³/mol. The molecule has 0 saturated heterocycles. The molecule has 8 heteroatoms. The summed E-state index contributed by atoms with van der Waals surface area (Å²) in [6.07, 6.45) is 0.652. The van der Waals surface area contributed by atoms with Crippen LogP contribution in [0.1, 0.15) is 23.2 Å². The summed E-state index contributed by atoms with van der Waals surface area (Å²) in [5.41, 5.74) is -0.142. The van der Waals surface area contributed by atoms with Crippen molar-refractivity contribution in [1.82, 2.24) is 4.90 Å². The summed E-state index contributed by atoms with van der Waals surface area (Å²) >= 11 is 5.69. The molecule has 0 fully saturated rings. The van der Waals surface area contributed by atoms with Crippen LogP contribution in [0.5, 0.6) is 0 Å². The van der Waals surface area contributed by atoms with Gasteiger partial charge in [-0.3, -0.25) is 19.7 Å². The lowest BCUT2D eigenvalue weighted by Crippen LogP contribution is -2.28. The molecule has 0 unspecified atom stereocenters. The molecule has 0 N–H and O–H groups in total. The molecule has 1 aromatic rings. The van der Waals surface area contributed by atoms with Crippen LogP contribution in [0.2, 0.25) is 5.02 Å². The number of hydrogen-bond acceptors (Lipinski definition) is 5. The smallest absolute Gasteiger partial charge is 0.305 e. The topological polar surface area (TPSA) is 89.8 Å². The second-order valence-electron chi connectivity index (χ2n) is 4.33. The summed E-state index contributed by atoms with van der Waals surface area (Å²) in [7, 11) is 2.85. The van der Waals surface area contributed by atoms with Crippen LogP contribution >= 0.6 is 11.6 Å². The van der Waals surface area contributed by atoms with Crippen molar-refractivity contribution in [2.45, 2.75) is 12.8 Å². The van der Waals surface area contributed by atoms with E-state index in [2.05, 4.69) is 4.74 Å². The quantitative estimate of drug-likeness (QED) is 0.456. The predicted octanol–water partition coefficient (Wildman–Crippen LogP) is 2.27. The molecule has 0 spiro atoms. The van der Waals surface area contributed by atoms with Gasteiger partial charge in [-0.1, -0.05) is 11.6 Å². The highest BCUT2D eigenvalue weighted by Crippen LogP contribution is 2.25. The van der Waals surface area contributed by atoms with Crippen molar-refractivity contribution in [3.63, 3.8) is 0 Å². The van der Waals surface area contributed by atoms with Crippen LogP contribution in [0.15, 0.2) is 18.2 Å². The standard InChI is InChI=1S/C13H15ClN2O5/c1-15(7-3-4-12(17)21-2)13(18)9-5-6-10(14)11(8-9)16(19)20/h5-6,8H,3-4,7H2,1-2H3. The van der Waals surface area contributed by atoms with Crippen molar-refractivity contribution in [2.75, 3.05) is 20.7 Å². The Hall–Kier alpha value is -2.15. The highest BCUT2D eigenvalue weighted by molar-refractivity contribution is 6.32. The molecule has 7 nitrogen and oxygen atoms in total. The van der Waals surface area contributed by atoms with Gasteiger partial charge in [-0.05, 0) is 18.6 Å². The van der Waals surface area contributed by atoms with Crippen LogP contribution in [0, 0.1) is 10.1 Å². The fourth-order valence-electron chi connectivity index (χ4n) is 1.67. The highest BCUT2D eigenvalue weighted by Gasteiger charge is 2.18. The molecule has 0 atom stereocenters. The Morgan fingerprint density at radius 2 is 2.10 bits per heavy atom. The Bertz CT molecular complexity index is 561. The Balaban J connectivity index is 2.72. The Morgan fingerprint density at radius 1 is 1.43 bits per heavy atom. The van der Waals surface area contributed by atoms with E-state index in [9.17, 15) is 19.7 Å². The van der Waals surface area contributed by atoms with Crippen LogP contribution in [0.25, 0.3) is 0 Å². The largest absolute Gasteiger partial charge is 0.469 e. The zero-order valence-corrected chi connectivity index (χ0v) is 12.4. The van der Waals surface area contributed by atoms with Crippen LogP contribution in [-0.2, 0) is 9.53 Å². The molecule has 0 aromatic heterocycles. The number of carbonyl (C=O) groups excluding carboxylic acids is 2. The molecule has 0 saturated carbocycles. The Kier molecular flexibility index (Phi) is 6.10. The van der Waals surface area contributed by atoms with Gasteiger partial charge >= 0.3 is 5.97 Å². The van der Waals surface area contributed by atoms with Gasteiger partial charge < -0.3 is 9.64 Å². The Labute approximate surface area is 126 Å². The number of methoxy groups -OCH3 is 1. The van der Waals surface area contributed by atoms with Crippen LogP contribution in [-0.4, -0.2) is 42.4 Å². The first-order valence-electron chi connectivity index (χ1n) is 6.13. The van der Waals surface area contributed by atoms with Gasteiger partial charge in [0.05, 0.1) is 12.0 Å². The number of benzene rings is 1. The van der Waals surface area contributed by atoms with E-state index >= 15 is 0 Å². The average Bonchev–Trinajstić information content (AvgIpc) is 2.46. The lowest BCUT2D eigenvalue weighted by atomic mass is 10.1. The SMILES string of the molecule is COC(=O)CCCN(C)C(=O)c1ccc(Cl)c([N+](=O)[O-])c1. The summed E-state index contributed by atoms with van der Waals surface area (Å²) in [6, 6.07) is 3.88. The van der Waals surface area contributed by atoms with Gasteiger partial charge in [-0.2, -0.15) is 0 Å². The van der Waals surface area contributed by atoms with Gasteiger partial charge in [0.15, 0.2) is 0 Å². The molecule has 114 valence electrons. The summed E-state index contributed by atoms with van der Waals surface area (Å²) in [4.78, 5) is 34.6. The minimum absolute atomic E-state index is 0.0232. The normalized spacial score (nSPS) is 10.0. The van der Waals surface area contributed by atoms with Crippen LogP contribution in [0.3, 0.4) is 0 Å². The summed E-state index contributed by atoms with van der Waals surface area (Å²) in [6.45, 7) is 0.338. The highest BCUT2D eigenvalue weighted by atomic mass is 35.5. The van der Waals surface area contributed by atoms with E-state index in [0.717, 1.165) is 6.07 Å². The molecular formula is C13H15ClN2O5. The van der Waals surface area contributed by atoms with Gasteiger partial charge in [0, 0.05) is 31.6 Å². The number of nitrogens with zero attached hydrogens (tertiary/aromatic N) is 2. The van der Waals surface area contributed by atoms with Crippen molar-refractivity contribution in [1.29, 1.82) is 0 Å². The minimum atomic E-state index is -0.642. The number of nitro benzene ring substituents is 1. The maximum atomic E-state index is 12.1. The number of amides is 1. The third kappa shape index (κ3) is 4.71. The molecule has 0 bridgehead atoms. The number of halogens is 1. The van der Waals surface area contributed by atoms with E-state index in [-0.39, 0.29) is 34.6 Å². The second kappa shape index (κ2) is 7.58. The van der Waals surface area contributed by atoms with E-state index in [1.807, 2.05) is 0 Å². The zero-order chi connectivity index (χ0) is 16.0. The van der Waals surface area contributed by atoms with Crippen molar-refractivity contribution in [3.05, 3.63) is 38.9 Å². The van der Waals surface area contributed by atoms with Gasteiger partial charge in [0.25, 0.3) is 11.6 Å². The van der Waals surface area contributed by atoms with Crippen LogP contribution in [0.4, 0.5) is 5.69 Å². The van der Waals surface area contributed by atoms with Crippen molar-refractivity contribution >= 4 is 29.2 Å². The maximum Gasteiger partial charge on any atom is 0.305 e. The molecule has 0 aliphatic rings. The molecule has 0 aliphatic carbocycles. The first kappa shape index (κ1) is 16.9. The van der Waals surface area contributed by atoms with E-state index in [1.54, 1.807) is 7.05 Å². The lowest BCUT2D eigenvalue weighted by Gasteiger charge is -2.16. The Morgan fingerprint density at radius 3 is 2.67 bits per heavy atom. The first-order valence-corrected chi connectivity index (χ1v) is 6.50. The summed E-state index contributed by atoms with van der Waals surface area (Å²) in [5.74, 6) is -0.724. The molecular weight excluding hydrogens is 300 g/mol. The molecule has 0 heterocycles. The molecule has 1 amide bonds. The van der Waals surface area contributed by atoms with Crippen molar-refractivity contribution < 1.29 is 19.2 Å². The molecule has 1 aromatic carbocycles. The van der Waals surface area contributed by atoms with Gasteiger partial charge in [0.1, 0.15) is 5.02 Å². The minimum Gasteiger partial charge on any atom is -0.469 e. The number of rotatable bonds is 6. The molecule has 1 rings (SSSR count). The number of carbonyl (C=O) groups is 2. The van der Waals surface area contributed by atoms with E-state index in [1.165, 1.54) is 24.1 Å². The van der Waals surface area contributed by atoms with Gasteiger partial charge in [-0.15, -0.1) is 0 Å². The lowest BCUT2D eigenvalue weighted by molar-refractivity contribution is -0.384. The molecule has 0 aliphatic heterocycles.